The number of nitrogens with one attached hydrogen (secondary N) is 1. The second-order valence-corrected chi connectivity index (χ2v) is 2.99. The van der Waals surface area contributed by atoms with E-state index in [9.17, 15) is 4.79 Å². The SMILES string of the molecule is CCCCOC(=O)Nc1nc(N)nc(N)n1. The molecule has 0 atom stereocenters. The number of amides is 1. The molecule has 8 nitrogen and oxygen atoms in total. The van der Waals surface area contributed by atoms with Gasteiger partial charge in [-0.2, -0.15) is 15.0 Å². The maximum Gasteiger partial charge on any atom is 0.414 e. The lowest BCUT2D eigenvalue weighted by molar-refractivity contribution is 0.159. The van der Waals surface area contributed by atoms with Gasteiger partial charge in [0.2, 0.25) is 17.8 Å². The second-order valence-electron chi connectivity index (χ2n) is 2.99. The Balaban J connectivity index is 2.49. The van der Waals surface area contributed by atoms with Crippen LogP contribution in [-0.2, 0) is 4.74 Å². The van der Waals surface area contributed by atoms with Gasteiger partial charge in [0, 0.05) is 0 Å². The maximum absolute atomic E-state index is 11.2. The summed E-state index contributed by atoms with van der Waals surface area (Å²) < 4.78 is 4.83. The van der Waals surface area contributed by atoms with Gasteiger partial charge in [0.15, 0.2) is 0 Å². The topological polar surface area (TPSA) is 129 Å². The third-order valence-corrected chi connectivity index (χ3v) is 1.61. The molecule has 0 saturated heterocycles. The van der Waals surface area contributed by atoms with E-state index in [-0.39, 0.29) is 17.8 Å². The van der Waals surface area contributed by atoms with E-state index in [4.69, 9.17) is 16.2 Å². The number of hydrogen-bond acceptors (Lipinski definition) is 7. The number of unbranched alkanes of at least 4 members (excludes halogenated alkanes) is 1. The minimum atomic E-state index is -0.640. The highest BCUT2D eigenvalue weighted by Crippen LogP contribution is 2.03. The van der Waals surface area contributed by atoms with E-state index >= 15 is 0 Å². The fraction of sp³-hybridized carbons (Fsp3) is 0.500. The van der Waals surface area contributed by atoms with Gasteiger partial charge in [0.25, 0.3) is 0 Å². The molecule has 1 heterocycles. The molecule has 16 heavy (non-hydrogen) atoms. The van der Waals surface area contributed by atoms with E-state index in [1.807, 2.05) is 6.92 Å². The molecule has 1 aromatic rings. The summed E-state index contributed by atoms with van der Waals surface area (Å²) in [6.07, 6.45) is 1.10. The van der Waals surface area contributed by atoms with Gasteiger partial charge in [0.1, 0.15) is 0 Å². The van der Waals surface area contributed by atoms with Crippen LogP contribution in [0, 0.1) is 0 Å². The summed E-state index contributed by atoms with van der Waals surface area (Å²) in [6, 6.07) is 0. The largest absolute Gasteiger partial charge is 0.449 e. The minimum absolute atomic E-state index is 0.0218. The zero-order valence-corrected chi connectivity index (χ0v) is 8.93. The van der Waals surface area contributed by atoms with E-state index in [0.29, 0.717) is 6.61 Å². The van der Waals surface area contributed by atoms with Crippen molar-refractivity contribution < 1.29 is 9.53 Å². The highest BCUT2D eigenvalue weighted by molar-refractivity contribution is 5.82. The number of hydrogen-bond donors (Lipinski definition) is 3. The van der Waals surface area contributed by atoms with E-state index in [1.54, 1.807) is 0 Å². The molecule has 1 aromatic heterocycles. The monoisotopic (exact) mass is 226 g/mol. The first-order chi connectivity index (χ1) is 7.61. The third-order valence-electron chi connectivity index (χ3n) is 1.61. The van der Waals surface area contributed by atoms with E-state index in [1.165, 1.54) is 0 Å². The van der Waals surface area contributed by atoms with Crippen molar-refractivity contribution in [1.82, 2.24) is 15.0 Å². The van der Waals surface area contributed by atoms with Crippen LogP contribution in [-0.4, -0.2) is 27.7 Å². The molecule has 1 amide bonds. The number of aromatic nitrogens is 3. The standard InChI is InChI=1S/C8H14N6O2/c1-2-3-4-16-8(15)14-7-12-5(9)11-6(10)13-7/h2-4H2,1H3,(H5,9,10,11,12,13,14,15). The fourth-order valence-electron chi connectivity index (χ4n) is 0.902. The van der Waals surface area contributed by atoms with Gasteiger partial charge in [-0.05, 0) is 6.42 Å². The zero-order valence-electron chi connectivity index (χ0n) is 8.93. The first-order valence-corrected chi connectivity index (χ1v) is 4.82. The Hall–Kier alpha value is -2.12. The second kappa shape index (κ2) is 5.69. The third kappa shape index (κ3) is 3.95. The Kier molecular flexibility index (Phi) is 4.25. The lowest BCUT2D eigenvalue weighted by Gasteiger charge is -2.05. The predicted molar refractivity (Wildman–Crippen MR) is 58.5 cm³/mol. The lowest BCUT2D eigenvalue weighted by Crippen LogP contribution is -2.17. The van der Waals surface area contributed by atoms with E-state index in [0.717, 1.165) is 12.8 Å². The van der Waals surface area contributed by atoms with Crippen molar-refractivity contribution >= 4 is 23.9 Å². The normalized spacial score (nSPS) is 9.81. The Morgan fingerprint density at radius 3 is 2.50 bits per heavy atom. The fourth-order valence-corrected chi connectivity index (χ4v) is 0.902. The van der Waals surface area contributed by atoms with Crippen molar-refractivity contribution in [2.75, 3.05) is 23.4 Å². The van der Waals surface area contributed by atoms with Crippen LogP contribution < -0.4 is 16.8 Å². The average molecular weight is 226 g/mol. The quantitative estimate of drug-likeness (QED) is 0.633. The highest BCUT2D eigenvalue weighted by Gasteiger charge is 2.07. The van der Waals surface area contributed by atoms with E-state index < -0.39 is 6.09 Å². The van der Waals surface area contributed by atoms with Crippen molar-refractivity contribution in [2.24, 2.45) is 0 Å². The maximum atomic E-state index is 11.2. The van der Waals surface area contributed by atoms with Crippen LogP contribution in [0.1, 0.15) is 19.8 Å². The van der Waals surface area contributed by atoms with Gasteiger partial charge >= 0.3 is 6.09 Å². The molecule has 0 radical (unpaired) electrons. The molecule has 8 heteroatoms. The van der Waals surface area contributed by atoms with Crippen LogP contribution in [0.2, 0.25) is 0 Å². The first kappa shape index (κ1) is 12.0. The Bertz CT molecular complexity index is 349. The van der Waals surface area contributed by atoms with Crippen LogP contribution >= 0.6 is 0 Å². The summed E-state index contributed by atoms with van der Waals surface area (Å²) in [7, 11) is 0. The summed E-state index contributed by atoms with van der Waals surface area (Å²) in [4.78, 5) is 22.1. The Morgan fingerprint density at radius 2 is 1.94 bits per heavy atom. The number of carbonyl (C=O) groups is 1. The first-order valence-electron chi connectivity index (χ1n) is 4.82. The molecule has 0 aliphatic rings. The molecule has 0 aliphatic carbocycles. The molecular formula is C8H14N6O2. The summed E-state index contributed by atoms with van der Waals surface area (Å²) in [5.41, 5.74) is 10.6. The average Bonchev–Trinajstić information content (AvgIpc) is 2.16. The number of nitrogens with zero attached hydrogens (tertiary/aromatic N) is 3. The number of nitrogens with two attached hydrogens (primary N) is 2. The number of carbonyl (C=O) groups excluding carboxylic acids is 1. The molecule has 0 saturated carbocycles. The van der Waals surface area contributed by atoms with Crippen molar-refractivity contribution in [3.05, 3.63) is 0 Å². The number of anilines is 3. The summed E-state index contributed by atoms with van der Waals surface area (Å²) in [5, 5.41) is 2.30. The number of rotatable bonds is 4. The minimum Gasteiger partial charge on any atom is -0.449 e. The van der Waals surface area contributed by atoms with Gasteiger partial charge in [0.05, 0.1) is 6.61 Å². The molecular weight excluding hydrogens is 212 g/mol. The lowest BCUT2D eigenvalue weighted by atomic mass is 10.4. The molecule has 0 spiro atoms. The molecule has 0 fully saturated rings. The molecule has 88 valence electrons. The highest BCUT2D eigenvalue weighted by atomic mass is 16.5. The van der Waals surface area contributed by atoms with Gasteiger partial charge in [-0.3, -0.25) is 5.32 Å². The van der Waals surface area contributed by atoms with Crippen LogP contribution in [0.3, 0.4) is 0 Å². The van der Waals surface area contributed by atoms with Gasteiger partial charge in [-0.1, -0.05) is 13.3 Å². The van der Waals surface area contributed by atoms with Crippen molar-refractivity contribution in [3.63, 3.8) is 0 Å². The predicted octanol–water partition coefficient (Wildman–Crippen LogP) is 0.385. The molecule has 5 N–H and O–H groups in total. The molecule has 1 rings (SSSR count). The molecule has 0 bridgehead atoms. The molecule has 0 aromatic carbocycles. The van der Waals surface area contributed by atoms with Gasteiger partial charge < -0.3 is 16.2 Å². The number of ether oxygens (including phenoxy) is 1. The summed E-state index contributed by atoms with van der Waals surface area (Å²) in [6.45, 7) is 2.34. The van der Waals surface area contributed by atoms with Crippen LogP contribution in [0.5, 0.6) is 0 Å². The van der Waals surface area contributed by atoms with Crippen molar-refractivity contribution in [1.29, 1.82) is 0 Å². The summed E-state index contributed by atoms with van der Waals surface area (Å²) in [5.74, 6) is -0.140. The van der Waals surface area contributed by atoms with Crippen LogP contribution in [0.15, 0.2) is 0 Å². The van der Waals surface area contributed by atoms with E-state index in [2.05, 4.69) is 20.3 Å². The summed E-state index contributed by atoms with van der Waals surface area (Å²) >= 11 is 0. The smallest absolute Gasteiger partial charge is 0.414 e. The van der Waals surface area contributed by atoms with Crippen molar-refractivity contribution in [3.8, 4) is 0 Å². The van der Waals surface area contributed by atoms with Crippen LogP contribution in [0.25, 0.3) is 0 Å². The molecule has 0 aliphatic heterocycles. The van der Waals surface area contributed by atoms with Gasteiger partial charge in [-0.25, -0.2) is 4.79 Å². The van der Waals surface area contributed by atoms with Crippen molar-refractivity contribution in [2.45, 2.75) is 19.8 Å². The number of nitrogen functional groups attached to an aromatic ring is 2. The Labute approximate surface area is 92.4 Å². The Morgan fingerprint density at radius 1 is 1.31 bits per heavy atom. The molecule has 0 unspecified atom stereocenters. The van der Waals surface area contributed by atoms with Crippen LogP contribution in [0.4, 0.5) is 22.6 Å². The van der Waals surface area contributed by atoms with Gasteiger partial charge in [-0.15, -0.1) is 0 Å². The zero-order chi connectivity index (χ0) is 12.0.